The topological polar surface area (TPSA) is 42.9 Å². The molecule has 2 saturated heterocycles. The first-order valence-electron chi connectivity index (χ1n) is 9.47. The molecule has 0 aromatic carbocycles. The van der Waals surface area contributed by atoms with E-state index in [0.29, 0.717) is 18.0 Å². The molecule has 0 saturated carbocycles. The molecule has 5 nitrogen and oxygen atoms in total. The molecule has 0 aromatic rings. The summed E-state index contributed by atoms with van der Waals surface area (Å²) in [5.41, 5.74) is 0. The molecular weight excluding hydrogens is 286 g/mol. The zero-order valence-electron chi connectivity index (χ0n) is 15.8. The Labute approximate surface area is 142 Å². The second-order valence-corrected chi connectivity index (χ2v) is 7.68. The lowest BCUT2D eigenvalue weighted by molar-refractivity contribution is 0.265. The molecule has 2 aliphatic rings. The first-order chi connectivity index (χ1) is 11.0. The van der Waals surface area contributed by atoms with Gasteiger partial charge >= 0.3 is 0 Å². The molecule has 2 aliphatic heterocycles. The number of nitrogens with zero attached hydrogens (tertiary/aromatic N) is 3. The van der Waals surface area contributed by atoms with Crippen LogP contribution in [-0.4, -0.2) is 74.2 Å². The Morgan fingerprint density at radius 2 is 2.04 bits per heavy atom. The van der Waals surface area contributed by atoms with E-state index in [-0.39, 0.29) is 0 Å². The van der Waals surface area contributed by atoms with E-state index < -0.39 is 0 Å². The van der Waals surface area contributed by atoms with Crippen molar-refractivity contribution in [2.24, 2.45) is 16.8 Å². The predicted molar refractivity (Wildman–Crippen MR) is 99.0 cm³/mol. The summed E-state index contributed by atoms with van der Waals surface area (Å²) in [4.78, 5) is 9.57. The van der Waals surface area contributed by atoms with Gasteiger partial charge in [-0.2, -0.15) is 0 Å². The van der Waals surface area contributed by atoms with Crippen LogP contribution < -0.4 is 10.6 Å². The summed E-state index contributed by atoms with van der Waals surface area (Å²) in [7, 11) is 1.88. The average Bonchev–Trinajstić information content (AvgIpc) is 3.11. The number of hydrogen-bond acceptors (Lipinski definition) is 3. The Balaban J connectivity index is 1.74. The molecule has 0 spiro atoms. The smallest absolute Gasteiger partial charge is 0.191 e. The maximum atomic E-state index is 4.43. The van der Waals surface area contributed by atoms with Crippen molar-refractivity contribution in [3.63, 3.8) is 0 Å². The standard InChI is InChI=1S/C18H37N5/c1-6-8-22-9-7-16(12-22)10-20-18(19-5)21-17-13-23(14(2)3)11-15(17)4/h14-17H,6-13H2,1-5H3,(H2,19,20,21). The van der Waals surface area contributed by atoms with Gasteiger partial charge in [0.15, 0.2) is 5.96 Å². The normalized spacial score (nSPS) is 30.3. The Morgan fingerprint density at radius 3 is 2.65 bits per heavy atom. The van der Waals surface area contributed by atoms with Crippen molar-refractivity contribution in [3.05, 3.63) is 0 Å². The molecule has 3 unspecified atom stereocenters. The SMILES string of the molecule is CCCN1CCC(CNC(=NC)NC2CN(C(C)C)CC2C)C1. The van der Waals surface area contributed by atoms with E-state index in [2.05, 4.69) is 53.1 Å². The third-order valence-electron chi connectivity index (χ3n) is 5.38. The van der Waals surface area contributed by atoms with Crippen molar-refractivity contribution in [2.75, 3.05) is 46.3 Å². The first-order valence-corrected chi connectivity index (χ1v) is 9.47. The van der Waals surface area contributed by atoms with Crippen LogP contribution in [0.2, 0.25) is 0 Å². The van der Waals surface area contributed by atoms with Crippen LogP contribution in [0.1, 0.15) is 40.5 Å². The van der Waals surface area contributed by atoms with Gasteiger partial charge < -0.3 is 15.5 Å². The minimum Gasteiger partial charge on any atom is -0.356 e. The molecule has 0 radical (unpaired) electrons. The fraction of sp³-hybridized carbons (Fsp3) is 0.944. The molecule has 2 rings (SSSR count). The molecule has 0 amide bonds. The molecule has 0 aliphatic carbocycles. The van der Waals surface area contributed by atoms with Crippen molar-refractivity contribution < 1.29 is 0 Å². The Bertz CT molecular complexity index is 382. The highest BCUT2D eigenvalue weighted by Gasteiger charge is 2.31. The zero-order valence-corrected chi connectivity index (χ0v) is 15.8. The van der Waals surface area contributed by atoms with Crippen molar-refractivity contribution in [3.8, 4) is 0 Å². The maximum absolute atomic E-state index is 4.43. The number of guanidine groups is 1. The van der Waals surface area contributed by atoms with Gasteiger partial charge in [-0.05, 0) is 51.6 Å². The quantitative estimate of drug-likeness (QED) is 0.576. The second-order valence-electron chi connectivity index (χ2n) is 7.68. The van der Waals surface area contributed by atoms with Crippen LogP contribution in [-0.2, 0) is 0 Å². The second kappa shape index (κ2) is 8.88. The van der Waals surface area contributed by atoms with Gasteiger partial charge in [0.1, 0.15) is 0 Å². The summed E-state index contributed by atoms with van der Waals surface area (Å²) in [6.45, 7) is 16.2. The van der Waals surface area contributed by atoms with E-state index in [1.807, 2.05) is 7.05 Å². The van der Waals surface area contributed by atoms with Crippen LogP contribution in [0.5, 0.6) is 0 Å². The van der Waals surface area contributed by atoms with Crippen molar-refractivity contribution >= 4 is 5.96 Å². The highest BCUT2D eigenvalue weighted by molar-refractivity contribution is 5.80. The predicted octanol–water partition coefficient (Wildman–Crippen LogP) is 1.61. The van der Waals surface area contributed by atoms with Gasteiger partial charge in [0.25, 0.3) is 0 Å². The van der Waals surface area contributed by atoms with Gasteiger partial charge in [0, 0.05) is 45.3 Å². The van der Waals surface area contributed by atoms with E-state index in [4.69, 9.17) is 0 Å². The molecule has 23 heavy (non-hydrogen) atoms. The monoisotopic (exact) mass is 323 g/mol. The van der Waals surface area contributed by atoms with E-state index >= 15 is 0 Å². The molecule has 134 valence electrons. The van der Waals surface area contributed by atoms with Gasteiger partial charge in [-0.3, -0.25) is 9.89 Å². The Kier molecular flexibility index (Phi) is 7.15. The van der Waals surface area contributed by atoms with Gasteiger partial charge in [-0.25, -0.2) is 0 Å². The summed E-state index contributed by atoms with van der Waals surface area (Å²) in [6, 6.07) is 1.13. The number of rotatable bonds is 6. The summed E-state index contributed by atoms with van der Waals surface area (Å²) in [6.07, 6.45) is 2.57. The van der Waals surface area contributed by atoms with E-state index in [0.717, 1.165) is 25.0 Å². The number of aliphatic imine (C=N–C) groups is 1. The van der Waals surface area contributed by atoms with Crippen LogP contribution in [0.25, 0.3) is 0 Å². The largest absolute Gasteiger partial charge is 0.356 e. The fourth-order valence-electron chi connectivity index (χ4n) is 3.82. The number of likely N-dealkylation sites (tertiary alicyclic amines) is 2. The first kappa shape index (κ1) is 18.5. The summed E-state index contributed by atoms with van der Waals surface area (Å²) < 4.78 is 0. The van der Waals surface area contributed by atoms with Crippen LogP contribution in [0.3, 0.4) is 0 Å². The van der Waals surface area contributed by atoms with Crippen LogP contribution in [0.4, 0.5) is 0 Å². The average molecular weight is 324 g/mol. The number of nitrogens with one attached hydrogen (secondary N) is 2. The van der Waals surface area contributed by atoms with Crippen molar-refractivity contribution in [1.29, 1.82) is 0 Å². The summed E-state index contributed by atoms with van der Waals surface area (Å²) in [5.74, 6) is 2.40. The number of hydrogen-bond donors (Lipinski definition) is 2. The van der Waals surface area contributed by atoms with Crippen molar-refractivity contribution in [1.82, 2.24) is 20.4 Å². The van der Waals surface area contributed by atoms with Gasteiger partial charge in [-0.1, -0.05) is 13.8 Å². The van der Waals surface area contributed by atoms with E-state index in [1.165, 1.54) is 39.0 Å². The minimum atomic E-state index is 0.503. The maximum Gasteiger partial charge on any atom is 0.191 e. The fourth-order valence-corrected chi connectivity index (χ4v) is 3.82. The molecule has 0 aromatic heterocycles. The summed E-state index contributed by atoms with van der Waals surface area (Å²) in [5, 5.41) is 7.20. The molecular formula is C18H37N5. The highest BCUT2D eigenvalue weighted by Crippen LogP contribution is 2.19. The van der Waals surface area contributed by atoms with Crippen molar-refractivity contribution in [2.45, 2.75) is 52.6 Å². The Hall–Kier alpha value is -0.810. The lowest BCUT2D eigenvalue weighted by atomic mass is 10.1. The third kappa shape index (κ3) is 5.35. The molecule has 3 atom stereocenters. The molecule has 5 heteroatoms. The summed E-state index contributed by atoms with van der Waals surface area (Å²) >= 11 is 0. The molecule has 2 N–H and O–H groups in total. The van der Waals surface area contributed by atoms with Crippen LogP contribution in [0, 0.1) is 11.8 Å². The lowest BCUT2D eigenvalue weighted by Crippen LogP contribution is -2.48. The van der Waals surface area contributed by atoms with Gasteiger partial charge in [-0.15, -0.1) is 0 Å². The molecule has 0 bridgehead atoms. The zero-order chi connectivity index (χ0) is 16.8. The van der Waals surface area contributed by atoms with Gasteiger partial charge in [0.05, 0.1) is 0 Å². The van der Waals surface area contributed by atoms with Crippen LogP contribution in [0.15, 0.2) is 4.99 Å². The third-order valence-corrected chi connectivity index (χ3v) is 5.38. The van der Waals surface area contributed by atoms with E-state index in [1.54, 1.807) is 0 Å². The van der Waals surface area contributed by atoms with E-state index in [9.17, 15) is 0 Å². The van der Waals surface area contributed by atoms with Crippen LogP contribution >= 0.6 is 0 Å². The highest BCUT2D eigenvalue weighted by atomic mass is 15.3. The lowest BCUT2D eigenvalue weighted by Gasteiger charge is -2.22. The Morgan fingerprint density at radius 1 is 1.26 bits per heavy atom. The van der Waals surface area contributed by atoms with Gasteiger partial charge in [0.2, 0.25) is 0 Å². The molecule has 2 heterocycles. The minimum absolute atomic E-state index is 0.503. The molecule has 2 fully saturated rings.